The standard InChI is InChI=1S/C12H8ClFN2/c13-11-6-7-15-12(16-11)5-4-9-2-1-3-10(14)8-9/h1-8H/b5-4+. The van der Waals surface area contributed by atoms with Gasteiger partial charge in [0.1, 0.15) is 11.0 Å². The molecule has 80 valence electrons. The van der Waals surface area contributed by atoms with Gasteiger partial charge in [0.2, 0.25) is 0 Å². The zero-order chi connectivity index (χ0) is 11.4. The van der Waals surface area contributed by atoms with E-state index in [1.54, 1.807) is 36.5 Å². The molecule has 0 aliphatic carbocycles. The Morgan fingerprint density at radius 2 is 2.06 bits per heavy atom. The fourth-order valence-corrected chi connectivity index (χ4v) is 1.35. The smallest absolute Gasteiger partial charge is 0.153 e. The number of hydrogen-bond acceptors (Lipinski definition) is 2. The molecular weight excluding hydrogens is 227 g/mol. The van der Waals surface area contributed by atoms with Crippen LogP contribution in [0.1, 0.15) is 11.4 Å². The Bertz CT molecular complexity index is 478. The van der Waals surface area contributed by atoms with E-state index in [4.69, 9.17) is 11.6 Å². The maximum absolute atomic E-state index is 12.9. The van der Waals surface area contributed by atoms with Crippen molar-refractivity contribution in [1.29, 1.82) is 0 Å². The Balaban J connectivity index is 2.21. The van der Waals surface area contributed by atoms with Crippen LogP contribution in [-0.4, -0.2) is 9.97 Å². The highest BCUT2D eigenvalue weighted by Crippen LogP contribution is 2.08. The topological polar surface area (TPSA) is 25.8 Å². The average molecular weight is 235 g/mol. The van der Waals surface area contributed by atoms with Gasteiger partial charge in [-0.25, -0.2) is 14.4 Å². The molecule has 0 radical (unpaired) electrons. The van der Waals surface area contributed by atoms with Gasteiger partial charge in [-0.15, -0.1) is 0 Å². The number of nitrogens with zero attached hydrogens (tertiary/aromatic N) is 2. The lowest BCUT2D eigenvalue weighted by atomic mass is 10.2. The second-order valence-electron chi connectivity index (χ2n) is 3.13. The van der Waals surface area contributed by atoms with Gasteiger partial charge in [-0.3, -0.25) is 0 Å². The fraction of sp³-hybridized carbons (Fsp3) is 0. The van der Waals surface area contributed by atoms with Crippen LogP contribution in [0.5, 0.6) is 0 Å². The normalized spacial score (nSPS) is 10.9. The zero-order valence-corrected chi connectivity index (χ0v) is 9.03. The predicted molar refractivity (Wildman–Crippen MR) is 62.4 cm³/mol. The van der Waals surface area contributed by atoms with Crippen molar-refractivity contribution in [2.24, 2.45) is 0 Å². The Morgan fingerprint density at radius 1 is 1.19 bits per heavy atom. The molecule has 0 fully saturated rings. The summed E-state index contributed by atoms with van der Waals surface area (Å²) >= 11 is 5.71. The highest BCUT2D eigenvalue weighted by atomic mass is 35.5. The Hall–Kier alpha value is -1.74. The third-order valence-corrected chi connectivity index (χ3v) is 2.12. The summed E-state index contributed by atoms with van der Waals surface area (Å²) in [7, 11) is 0. The van der Waals surface area contributed by atoms with E-state index < -0.39 is 0 Å². The van der Waals surface area contributed by atoms with Crippen molar-refractivity contribution in [3.63, 3.8) is 0 Å². The molecule has 1 aromatic heterocycles. The van der Waals surface area contributed by atoms with Crippen LogP contribution in [-0.2, 0) is 0 Å². The van der Waals surface area contributed by atoms with Gasteiger partial charge in [0.05, 0.1) is 0 Å². The molecule has 0 unspecified atom stereocenters. The molecule has 2 aromatic rings. The summed E-state index contributed by atoms with van der Waals surface area (Å²) in [6, 6.07) is 7.87. The summed E-state index contributed by atoms with van der Waals surface area (Å²) in [4.78, 5) is 7.99. The van der Waals surface area contributed by atoms with Crippen molar-refractivity contribution >= 4 is 23.8 Å². The first-order chi connectivity index (χ1) is 7.74. The minimum Gasteiger partial charge on any atom is -0.237 e. The van der Waals surface area contributed by atoms with Crippen molar-refractivity contribution < 1.29 is 4.39 Å². The first-order valence-corrected chi connectivity index (χ1v) is 5.04. The van der Waals surface area contributed by atoms with E-state index >= 15 is 0 Å². The first kappa shape index (κ1) is 10.8. The summed E-state index contributed by atoms with van der Waals surface area (Å²) in [6.07, 6.45) is 4.98. The van der Waals surface area contributed by atoms with Gasteiger partial charge in [0, 0.05) is 6.20 Å². The largest absolute Gasteiger partial charge is 0.237 e. The molecule has 0 saturated heterocycles. The van der Waals surface area contributed by atoms with Gasteiger partial charge in [-0.2, -0.15) is 0 Å². The quantitative estimate of drug-likeness (QED) is 0.744. The van der Waals surface area contributed by atoms with Gasteiger partial charge in [0.15, 0.2) is 5.82 Å². The number of rotatable bonds is 2. The van der Waals surface area contributed by atoms with Crippen LogP contribution in [0.15, 0.2) is 36.5 Å². The van der Waals surface area contributed by atoms with Crippen LogP contribution in [0.3, 0.4) is 0 Å². The van der Waals surface area contributed by atoms with Crippen molar-refractivity contribution in [1.82, 2.24) is 9.97 Å². The molecule has 0 bridgehead atoms. The first-order valence-electron chi connectivity index (χ1n) is 4.66. The average Bonchev–Trinajstić information content (AvgIpc) is 2.27. The van der Waals surface area contributed by atoms with Crippen LogP contribution in [0.4, 0.5) is 4.39 Å². The van der Waals surface area contributed by atoms with Crippen LogP contribution in [0.25, 0.3) is 12.2 Å². The van der Waals surface area contributed by atoms with Gasteiger partial charge in [-0.1, -0.05) is 29.8 Å². The van der Waals surface area contributed by atoms with E-state index in [0.29, 0.717) is 11.0 Å². The monoisotopic (exact) mass is 234 g/mol. The Labute approximate surface area is 97.4 Å². The maximum atomic E-state index is 12.9. The van der Waals surface area contributed by atoms with Gasteiger partial charge in [-0.05, 0) is 29.8 Å². The molecule has 2 nitrogen and oxygen atoms in total. The summed E-state index contributed by atoms with van der Waals surface area (Å²) in [5, 5.41) is 0.383. The van der Waals surface area contributed by atoms with E-state index in [1.165, 1.54) is 12.1 Å². The zero-order valence-electron chi connectivity index (χ0n) is 8.27. The molecule has 1 aromatic carbocycles. The molecule has 0 spiro atoms. The van der Waals surface area contributed by atoms with Gasteiger partial charge in [0.25, 0.3) is 0 Å². The molecule has 0 N–H and O–H groups in total. The second-order valence-corrected chi connectivity index (χ2v) is 3.51. The minimum atomic E-state index is -0.269. The number of benzene rings is 1. The molecule has 0 aliphatic heterocycles. The SMILES string of the molecule is Fc1cccc(/C=C/c2nccc(Cl)n2)c1. The molecule has 0 saturated carbocycles. The fourth-order valence-electron chi connectivity index (χ4n) is 1.21. The summed E-state index contributed by atoms with van der Waals surface area (Å²) < 4.78 is 12.9. The molecular formula is C12H8ClFN2. The highest BCUT2D eigenvalue weighted by molar-refractivity contribution is 6.29. The van der Waals surface area contributed by atoms with Crippen LogP contribution >= 0.6 is 11.6 Å². The number of halogens is 2. The highest BCUT2D eigenvalue weighted by Gasteiger charge is 1.93. The molecule has 16 heavy (non-hydrogen) atoms. The van der Waals surface area contributed by atoms with Crippen LogP contribution in [0.2, 0.25) is 5.15 Å². The summed E-state index contributed by atoms with van der Waals surface area (Å²) in [6.45, 7) is 0. The third-order valence-electron chi connectivity index (χ3n) is 1.91. The van der Waals surface area contributed by atoms with E-state index in [2.05, 4.69) is 9.97 Å². The van der Waals surface area contributed by atoms with Crippen molar-refractivity contribution in [3.05, 3.63) is 58.9 Å². The predicted octanol–water partition coefficient (Wildman–Crippen LogP) is 3.44. The van der Waals surface area contributed by atoms with Crippen LogP contribution < -0.4 is 0 Å². The van der Waals surface area contributed by atoms with Crippen molar-refractivity contribution in [2.45, 2.75) is 0 Å². The minimum absolute atomic E-state index is 0.269. The van der Waals surface area contributed by atoms with E-state index in [9.17, 15) is 4.39 Å². The molecule has 0 aliphatic rings. The van der Waals surface area contributed by atoms with Crippen molar-refractivity contribution in [2.75, 3.05) is 0 Å². The van der Waals surface area contributed by atoms with E-state index in [-0.39, 0.29) is 5.82 Å². The lowest BCUT2D eigenvalue weighted by Gasteiger charge is -1.94. The summed E-state index contributed by atoms with van der Waals surface area (Å²) in [5.74, 6) is 0.228. The Morgan fingerprint density at radius 3 is 2.81 bits per heavy atom. The molecule has 4 heteroatoms. The molecule has 0 amide bonds. The van der Waals surface area contributed by atoms with Gasteiger partial charge >= 0.3 is 0 Å². The third kappa shape index (κ3) is 2.87. The second kappa shape index (κ2) is 4.86. The van der Waals surface area contributed by atoms with Gasteiger partial charge < -0.3 is 0 Å². The number of aromatic nitrogens is 2. The summed E-state index contributed by atoms with van der Waals surface area (Å²) in [5.41, 5.74) is 0.753. The number of hydrogen-bond donors (Lipinski definition) is 0. The van der Waals surface area contributed by atoms with E-state index in [0.717, 1.165) is 5.56 Å². The lowest BCUT2D eigenvalue weighted by molar-refractivity contribution is 0.627. The maximum Gasteiger partial charge on any atom is 0.153 e. The van der Waals surface area contributed by atoms with Crippen LogP contribution in [0, 0.1) is 5.82 Å². The molecule has 0 atom stereocenters. The molecule has 2 rings (SSSR count). The molecule has 1 heterocycles. The van der Waals surface area contributed by atoms with Crippen molar-refractivity contribution in [3.8, 4) is 0 Å². The Kier molecular flexibility index (Phi) is 3.27. The van der Waals surface area contributed by atoms with E-state index in [1.807, 2.05) is 0 Å². The lowest BCUT2D eigenvalue weighted by Crippen LogP contribution is -1.85.